The van der Waals surface area contributed by atoms with E-state index in [4.69, 9.17) is 11.0 Å². The molecule has 19 heavy (non-hydrogen) atoms. The molecular formula is C12H11N5OS. The fourth-order valence-corrected chi connectivity index (χ4v) is 2.04. The van der Waals surface area contributed by atoms with Crippen molar-refractivity contribution < 1.29 is 4.55 Å². The second kappa shape index (κ2) is 5.22. The smallest absolute Gasteiger partial charge is 0.345 e. The maximum Gasteiger partial charge on any atom is 0.345 e. The minimum Gasteiger partial charge on any atom is -0.609 e. The van der Waals surface area contributed by atoms with Crippen LogP contribution in [0.15, 0.2) is 23.5 Å². The van der Waals surface area contributed by atoms with E-state index in [-0.39, 0.29) is 16.5 Å². The molecule has 96 valence electrons. The molecule has 0 fully saturated rings. The minimum atomic E-state index is -1.37. The van der Waals surface area contributed by atoms with Crippen LogP contribution in [-0.4, -0.2) is 25.8 Å². The summed E-state index contributed by atoms with van der Waals surface area (Å²) in [6, 6.07) is 5.48. The van der Waals surface area contributed by atoms with Gasteiger partial charge in [-0.15, -0.1) is 0 Å². The summed E-state index contributed by atoms with van der Waals surface area (Å²) in [5.41, 5.74) is 7.77. The van der Waals surface area contributed by atoms with Crippen molar-refractivity contribution in [2.75, 3.05) is 12.0 Å². The molecule has 2 aromatic heterocycles. The normalized spacial score (nSPS) is 11.9. The number of aromatic nitrogens is 3. The first-order valence-electron chi connectivity index (χ1n) is 5.37. The molecule has 0 spiro atoms. The summed E-state index contributed by atoms with van der Waals surface area (Å²) in [5, 5.41) is 9.27. The van der Waals surface area contributed by atoms with Gasteiger partial charge in [-0.25, -0.2) is 0 Å². The molecule has 2 aromatic rings. The van der Waals surface area contributed by atoms with Gasteiger partial charge >= 0.3 is 5.16 Å². The van der Waals surface area contributed by atoms with Crippen LogP contribution in [0.25, 0.3) is 11.3 Å². The third kappa shape index (κ3) is 2.65. The number of aryl methyl sites for hydroxylation is 1. The zero-order chi connectivity index (χ0) is 14.0. The number of nitrogen functional groups attached to an aromatic ring is 1. The second-order valence-corrected chi connectivity index (χ2v) is 5.14. The van der Waals surface area contributed by atoms with Crippen molar-refractivity contribution in [3.05, 3.63) is 29.6 Å². The summed E-state index contributed by atoms with van der Waals surface area (Å²) < 4.78 is 11.5. The third-order valence-electron chi connectivity index (χ3n) is 2.46. The maximum absolute atomic E-state index is 11.5. The number of anilines is 1. The average molecular weight is 273 g/mol. The van der Waals surface area contributed by atoms with Crippen molar-refractivity contribution in [3.63, 3.8) is 0 Å². The molecule has 0 bridgehead atoms. The molecule has 2 rings (SSSR count). The number of hydrogen-bond acceptors (Lipinski definition) is 6. The Morgan fingerprint density at radius 2 is 2.16 bits per heavy atom. The molecule has 1 unspecified atom stereocenters. The Labute approximate surface area is 113 Å². The first kappa shape index (κ1) is 13.3. The Morgan fingerprint density at radius 1 is 1.42 bits per heavy atom. The quantitative estimate of drug-likeness (QED) is 0.646. The summed E-state index contributed by atoms with van der Waals surface area (Å²) in [4.78, 5) is 12.1. The van der Waals surface area contributed by atoms with E-state index in [9.17, 15) is 4.55 Å². The molecular weight excluding hydrogens is 262 g/mol. The molecule has 0 saturated carbocycles. The van der Waals surface area contributed by atoms with Crippen LogP contribution < -0.4 is 5.73 Å². The van der Waals surface area contributed by atoms with E-state index in [0.717, 1.165) is 5.69 Å². The number of rotatable bonds is 2. The lowest BCUT2D eigenvalue weighted by atomic mass is 10.1. The Hall–Kier alpha value is -2.17. The van der Waals surface area contributed by atoms with Gasteiger partial charge in [-0.3, -0.25) is 4.98 Å². The molecule has 0 aliphatic rings. The van der Waals surface area contributed by atoms with Crippen molar-refractivity contribution in [2.45, 2.75) is 12.1 Å². The SMILES string of the molecule is Cc1cc(-c2nc([S+](C)[O-])nc(N)c2C#N)ccn1. The van der Waals surface area contributed by atoms with Crippen LogP contribution in [0.1, 0.15) is 11.3 Å². The van der Waals surface area contributed by atoms with Gasteiger partial charge in [-0.1, -0.05) is 0 Å². The van der Waals surface area contributed by atoms with Crippen LogP contribution in [0.4, 0.5) is 5.82 Å². The molecule has 6 nitrogen and oxygen atoms in total. The Balaban J connectivity index is 2.71. The summed E-state index contributed by atoms with van der Waals surface area (Å²) >= 11 is -1.37. The van der Waals surface area contributed by atoms with Crippen LogP contribution in [-0.2, 0) is 11.2 Å². The highest BCUT2D eigenvalue weighted by molar-refractivity contribution is 7.90. The van der Waals surface area contributed by atoms with Crippen LogP contribution in [0, 0.1) is 18.3 Å². The Bertz CT molecular complexity index is 666. The van der Waals surface area contributed by atoms with Crippen molar-refractivity contribution >= 4 is 17.0 Å². The van der Waals surface area contributed by atoms with Gasteiger partial charge in [0.25, 0.3) is 0 Å². The molecule has 0 aliphatic carbocycles. The molecule has 1 atom stereocenters. The first-order chi connectivity index (χ1) is 9.02. The molecule has 0 radical (unpaired) electrons. The highest BCUT2D eigenvalue weighted by Gasteiger charge is 2.18. The van der Waals surface area contributed by atoms with Gasteiger partial charge in [0.15, 0.2) is 5.82 Å². The van der Waals surface area contributed by atoms with Crippen LogP contribution >= 0.6 is 0 Å². The Morgan fingerprint density at radius 3 is 2.74 bits per heavy atom. The van der Waals surface area contributed by atoms with Gasteiger partial charge in [-0.2, -0.15) is 15.2 Å². The number of hydrogen-bond donors (Lipinski definition) is 1. The highest BCUT2D eigenvalue weighted by atomic mass is 32.2. The van der Waals surface area contributed by atoms with Crippen molar-refractivity contribution in [1.82, 2.24) is 15.0 Å². The van der Waals surface area contributed by atoms with E-state index < -0.39 is 11.2 Å². The predicted octanol–water partition coefficient (Wildman–Crippen LogP) is 1.04. The standard InChI is InChI=1S/C12H11N5OS/c1-7-5-8(3-4-15-7)10-9(6-13)11(14)17-12(16-10)19(2)18/h3-5H,1-2H3,(H2,14,16,17). The monoisotopic (exact) mass is 273 g/mol. The third-order valence-corrected chi connectivity index (χ3v) is 3.15. The lowest BCUT2D eigenvalue weighted by Crippen LogP contribution is -2.10. The van der Waals surface area contributed by atoms with Crippen LogP contribution in [0.3, 0.4) is 0 Å². The molecule has 2 heterocycles. The van der Waals surface area contributed by atoms with Gasteiger partial charge in [-0.05, 0) is 19.1 Å². The van der Waals surface area contributed by atoms with Crippen LogP contribution in [0.2, 0.25) is 0 Å². The van der Waals surface area contributed by atoms with Gasteiger partial charge < -0.3 is 10.3 Å². The lowest BCUT2D eigenvalue weighted by molar-refractivity contribution is 0.592. The molecule has 2 N–H and O–H groups in total. The van der Waals surface area contributed by atoms with Gasteiger partial charge in [0.1, 0.15) is 17.9 Å². The summed E-state index contributed by atoms with van der Waals surface area (Å²) in [6.07, 6.45) is 3.08. The largest absolute Gasteiger partial charge is 0.609 e. The van der Waals surface area contributed by atoms with E-state index in [0.29, 0.717) is 11.3 Å². The highest BCUT2D eigenvalue weighted by Crippen LogP contribution is 2.25. The van der Waals surface area contributed by atoms with Gasteiger partial charge in [0.05, 0.1) is 5.69 Å². The average Bonchev–Trinajstić information content (AvgIpc) is 2.37. The summed E-state index contributed by atoms with van der Waals surface area (Å²) in [6.45, 7) is 1.83. The number of nitriles is 1. The molecule has 7 heteroatoms. The predicted molar refractivity (Wildman–Crippen MR) is 71.5 cm³/mol. The second-order valence-electron chi connectivity index (χ2n) is 3.87. The maximum atomic E-state index is 11.5. The number of nitrogens with two attached hydrogens (primary N) is 1. The van der Waals surface area contributed by atoms with Crippen molar-refractivity contribution in [2.24, 2.45) is 0 Å². The molecule has 0 saturated heterocycles. The molecule has 0 amide bonds. The lowest BCUT2D eigenvalue weighted by Gasteiger charge is -2.09. The summed E-state index contributed by atoms with van der Waals surface area (Å²) in [5.74, 6) is 0.0344. The molecule has 0 aromatic carbocycles. The van der Waals surface area contributed by atoms with Crippen molar-refractivity contribution in [1.29, 1.82) is 5.26 Å². The zero-order valence-corrected chi connectivity index (χ0v) is 11.2. The minimum absolute atomic E-state index is 0.0344. The summed E-state index contributed by atoms with van der Waals surface area (Å²) in [7, 11) is 0. The number of pyridine rings is 1. The van der Waals surface area contributed by atoms with E-state index in [1.165, 1.54) is 6.26 Å². The van der Waals surface area contributed by atoms with E-state index >= 15 is 0 Å². The van der Waals surface area contributed by atoms with Crippen molar-refractivity contribution in [3.8, 4) is 17.3 Å². The van der Waals surface area contributed by atoms with Gasteiger partial charge in [0.2, 0.25) is 0 Å². The van der Waals surface area contributed by atoms with E-state index in [2.05, 4.69) is 15.0 Å². The fourth-order valence-electron chi connectivity index (χ4n) is 1.60. The number of nitrogens with zero attached hydrogens (tertiary/aromatic N) is 4. The van der Waals surface area contributed by atoms with Gasteiger partial charge in [0, 0.05) is 28.6 Å². The topological polar surface area (TPSA) is 112 Å². The van der Waals surface area contributed by atoms with E-state index in [1.807, 2.05) is 13.0 Å². The molecule has 0 aliphatic heterocycles. The Kier molecular flexibility index (Phi) is 3.64. The van der Waals surface area contributed by atoms with Crippen LogP contribution in [0.5, 0.6) is 0 Å². The van der Waals surface area contributed by atoms with E-state index in [1.54, 1.807) is 18.3 Å². The zero-order valence-electron chi connectivity index (χ0n) is 10.4. The fraction of sp³-hybridized carbons (Fsp3) is 0.167. The first-order valence-corrected chi connectivity index (χ1v) is 6.92.